The van der Waals surface area contributed by atoms with E-state index in [1.807, 2.05) is 4.90 Å². The van der Waals surface area contributed by atoms with Crippen molar-refractivity contribution in [2.45, 2.75) is 50.6 Å². The molecule has 0 radical (unpaired) electrons. The second-order valence-electron chi connectivity index (χ2n) is 8.06. The zero-order valence-corrected chi connectivity index (χ0v) is 16.9. The van der Waals surface area contributed by atoms with E-state index < -0.39 is 5.82 Å². The molecule has 1 aliphatic carbocycles. The van der Waals surface area contributed by atoms with Crippen LogP contribution in [0.3, 0.4) is 0 Å². The van der Waals surface area contributed by atoms with Crippen LogP contribution in [0.2, 0.25) is 0 Å². The summed E-state index contributed by atoms with van der Waals surface area (Å²) in [5.41, 5.74) is 0.110. The molecule has 3 unspecified atom stereocenters. The molecule has 2 amide bonds. The molecule has 28 heavy (non-hydrogen) atoms. The maximum Gasteiger partial charge on any atom is 0.256 e. The molecule has 154 valence electrons. The number of fused-ring (bicyclic) bond motifs is 1. The van der Waals surface area contributed by atoms with Gasteiger partial charge in [0.1, 0.15) is 5.82 Å². The van der Waals surface area contributed by atoms with E-state index in [4.69, 9.17) is 0 Å². The lowest BCUT2D eigenvalue weighted by Crippen LogP contribution is -2.47. The van der Waals surface area contributed by atoms with Gasteiger partial charge in [0.25, 0.3) is 5.91 Å². The van der Waals surface area contributed by atoms with Crippen molar-refractivity contribution >= 4 is 24.2 Å². The third-order valence-corrected chi connectivity index (χ3v) is 6.36. The average Bonchev–Trinajstić information content (AvgIpc) is 2.97. The van der Waals surface area contributed by atoms with Gasteiger partial charge in [0.15, 0.2) is 0 Å². The van der Waals surface area contributed by atoms with Gasteiger partial charge in [-0.25, -0.2) is 4.39 Å². The maximum absolute atomic E-state index is 13.9. The summed E-state index contributed by atoms with van der Waals surface area (Å²) in [6, 6.07) is 6.52. The maximum atomic E-state index is 13.9. The van der Waals surface area contributed by atoms with Gasteiger partial charge >= 0.3 is 0 Å². The lowest BCUT2D eigenvalue weighted by molar-refractivity contribution is -0.133. The Morgan fingerprint density at radius 2 is 1.68 bits per heavy atom. The van der Waals surface area contributed by atoms with E-state index >= 15 is 0 Å². The van der Waals surface area contributed by atoms with E-state index in [1.165, 1.54) is 37.8 Å². The van der Waals surface area contributed by atoms with E-state index in [-0.39, 0.29) is 35.8 Å². The Morgan fingerprint density at radius 1 is 0.964 bits per heavy atom. The molecule has 3 fully saturated rings. The van der Waals surface area contributed by atoms with Crippen LogP contribution >= 0.6 is 12.4 Å². The Labute approximate surface area is 172 Å². The molecule has 1 saturated carbocycles. The van der Waals surface area contributed by atoms with Crippen LogP contribution in [-0.4, -0.2) is 59.9 Å². The van der Waals surface area contributed by atoms with E-state index in [1.54, 1.807) is 17.0 Å². The van der Waals surface area contributed by atoms with Gasteiger partial charge in [0.2, 0.25) is 5.91 Å². The molecule has 7 heteroatoms. The first-order chi connectivity index (χ1) is 13.1. The van der Waals surface area contributed by atoms with Crippen LogP contribution in [0.15, 0.2) is 24.3 Å². The summed E-state index contributed by atoms with van der Waals surface area (Å²) in [5.74, 6) is 0.0354. The molecule has 0 aromatic heterocycles. The minimum Gasteiger partial charge on any atom is -0.340 e. The Morgan fingerprint density at radius 3 is 2.46 bits per heavy atom. The molecule has 3 atom stereocenters. The third kappa shape index (κ3) is 4.33. The van der Waals surface area contributed by atoms with Gasteiger partial charge in [0.05, 0.1) is 11.6 Å². The smallest absolute Gasteiger partial charge is 0.256 e. The largest absolute Gasteiger partial charge is 0.340 e. The number of halogens is 2. The first-order valence-electron chi connectivity index (χ1n) is 10.2. The second-order valence-corrected chi connectivity index (χ2v) is 8.06. The van der Waals surface area contributed by atoms with Crippen molar-refractivity contribution in [2.75, 3.05) is 26.2 Å². The predicted octanol–water partition coefficient (Wildman–Crippen LogP) is 2.84. The van der Waals surface area contributed by atoms with Gasteiger partial charge in [0, 0.05) is 32.2 Å². The van der Waals surface area contributed by atoms with Crippen molar-refractivity contribution in [3.05, 3.63) is 35.6 Å². The minimum absolute atomic E-state index is 0. The van der Waals surface area contributed by atoms with Crippen molar-refractivity contribution in [3.63, 3.8) is 0 Å². The number of carbonyl (C=O) groups excluding carboxylic acids is 2. The molecular weight excluding hydrogens is 381 g/mol. The Balaban J connectivity index is 0.00000225. The Kier molecular flexibility index (Phi) is 6.94. The summed E-state index contributed by atoms with van der Waals surface area (Å²) < 4.78 is 13.9. The zero-order valence-electron chi connectivity index (χ0n) is 16.1. The summed E-state index contributed by atoms with van der Waals surface area (Å²) in [6.45, 7) is 2.19. The van der Waals surface area contributed by atoms with Crippen LogP contribution < -0.4 is 5.32 Å². The average molecular weight is 410 g/mol. The number of hydrogen-bond donors (Lipinski definition) is 1. The first-order valence-corrected chi connectivity index (χ1v) is 10.2. The number of nitrogens with one attached hydrogen (secondary N) is 1. The number of nitrogens with zero attached hydrogens (tertiary/aromatic N) is 2. The van der Waals surface area contributed by atoms with Gasteiger partial charge in [-0.2, -0.15) is 0 Å². The molecule has 2 heterocycles. The zero-order chi connectivity index (χ0) is 18.8. The van der Waals surface area contributed by atoms with Crippen molar-refractivity contribution in [3.8, 4) is 0 Å². The van der Waals surface area contributed by atoms with Gasteiger partial charge < -0.3 is 15.1 Å². The first kappa shape index (κ1) is 21.1. The van der Waals surface area contributed by atoms with Gasteiger partial charge in [-0.3, -0.25) is 9.59 Å². The summed E-state index contributed by atoms with van der Waals surface area (Å²) in [5, 5.41) is 3.56. The predicted molar refractivity (Wildman–Crippen MR) is 108 cm³/mol. The molecular formula is C21H29ClFN3O2. The SMILES string of the molecule is Cl.O=C(c1ccccc1F)N1CCCN(C(=O)C2CC3CCCCC3N2)CC1. The van der Waals surface area contributed by atoms with E-state index in [0.29, 0.717) is 38.1 Å². The van der Waals surface area contributed by atoms with E-state index in [9.17, 15) is 14.0 Å². The molecule has 1 aromatic carbocycles. The molecule has 0 bridgehead atoms. The molecule has 3 aliphatic rings. The van der Waals surface area contributed by atoms with Crippen molar-refractivity contribution in [1.82, 2.24) is 15.1 Å². The number of hydrogen-bond acceptors (Lipinski definition) is 3. The fourth-order valence-corrected chi connectivity index (χ4v) is 4.88. The molecule has 5 nitrogen and oxygen atoms in total. The van der Waals surface area contributed by atoms with Gasteiger partial charge in [-0.1, -0.05) is 25.0 Å². The number of carbonyl (C=O) groups is 2. The van der Waals surface area contributed by atoms with Crippen LogP contribution in [0.4, 0.5) is 4.39 Å². The summed E-state index contributed by atoms with van der Waals surface area (Å²) in [4.78, 5) is 29.2. The van der Waals surface area contributed by atoms with Gasteiger partial charge in [-0.05, 0) is 43.7 Å². The normalized spacial score (nSPS) is 27.5. The highest BCUT2D eigenvalue weighted by Crippen LogP contribution is 2.33. The van der Waals surface area contributed by atoms with Crippen molar-refractivity contribution in [2.24, 2.45) is 5.92 Å². The van der Waals surface area contributed by atoms with Crippen LogP contribution in [0.1, 0.15) is 48.9 Å². The lowest BCUT2D eigenvalue weighted by Gasteiger charge is -2.25. The fraction of sp³-hybridized carbons (Fsp3) is 0.619. The molecule has 2 aliphatic heterocycles. The van der Waals surface area contributed by atoms with Gasteiger partial charge in [-0.15, -0.1) is 12.4 Å². The Bertz CT molecular complexity index is 703. The third-order valence-electron chi connectivity index (χ3n) is 6.36. The van der Waals surface area contributed by atoms with E-state index in [2.05, 4.69) is 5.32 Å². The van der Waals surface area contributed by atoms with Crippen LogP contribution in [-0.2, 0) is 4.79 Å². The van der Waals surface area contributed by atoms with E-state index in [0.717, 1.165) is 12.8 Å². The number of rotatable bonds is 2. The minimum atomic E-state index is -0.488. The van der Waals surface area contributed by atoms with Crippen LogP contribution in [0.25, 0.3) is 0 Å². The number of benzene rings is 1. The molecule has 1 aromatic rings. The standard InChI is InChI=1S/C21H28FN3O2.ClH/c22-17-8-3-2-7-16(17)20(26)24-10-5-11-25(13-12-24)21(27)19-14-15-6-1-4-9-18(15)23-19;/h2-3,7-8,15,18-19,23H,1,4-6,9-14H2;1H. The van der Waals surface area contributed by atoms with Crippen LogP contribution in [0, 0.1) is 11.7 Å². The van der Waals surface area contributed by atoms with Crippen molar-refractivity contribution in [1.29, 1.82) is 0 Å². The quantitative estimate of drug-likeness (QED) is 0.817. The second kappa shape index (κ2) is 9.23. The van der Waals surface area contributed by atoms with Crippen LogP contribution in [0.5, 0.6) is 0 Å². The topological polar surface area (TPSA) is 52.7 Å². The molecule has 2 saturated heterocycles. The fourth-order valence-electron chi connectivity index (χ4n) is 4.88. The summed E-state index contributed by atoms with van der Waals surface area (Å²) in [7, 11) is 0. The Hall–Kier alpha value is -1.66. The molecule has 4 rings (SSSR count). The highest BCUT2D eigenvalue weighted by Gasteiger charge is 2.40. The summed E-state index contributed by atoms with van der Waals surface area (Å²) in [6.07, 6.45) is 6.61. The molecule has 1 N–H and O–H groups in total. The lowest BCUT2D eigenvalue weighted by atomic mass is 9.85. The molecule has 0 spiro atoms. The highest BCUT2D eigenvalue weighted by molar-refractivity contribution is 5.94. The monoisotopic (exact) mass is 409 g/mol. The summed E-state index contributed by atoms with van der Waals surface area (Å²) >= 11 is 0. The number of amides is 2. The van der Waals surface area contributed by atoms with Crippen molar-refractivity contribution < 1.29 is 14.0 Å². The highest BCUT2D eigenvalue weighted by atomic mass is 35.5.